The first-order valence-corrected chi connectivity index (χ1v) is 6.10. The molecule has 1 aromatic rings. The number of hydrogen-bond acceptors (Lipinski definition) is 4. The van der Waals surface area contributed by atoms with Gasteiger partial charge >= 0.3 is 0 Å². The Morgan fingerprint density at radius 1 is 1.28 bits per heavy atom. The van der Waals surface area contributed by atoms with Gasteiger partial charge in [-0.05, 0) is 32.9 Å². The van der Waals surface area contributed by atoms with Crippen molar-refractivity contribution in [1.29, 1.82) is 5.26 Å². The summed E-state index contributed by atoms with van der Waals surface area (Å²) in [6.45, 7) is 8.25. The standard InChI is InChI=1S/C14H21N3O/c1-14(2,3)17-9-8-16-12-5-4-6-13(11-12)18-10-7-15/h4-6,11,16-17H,8-10H2,1-3H3. The van der Waals surface area contributed by atoms with Crippen molar-refractivity contribution < 1.29 is 4.74 Å². The summed E-state index contributed by atoms with van der Waals surface area (Å²) in [5.74, 6) is 0.713. The average molecular weight is 247 g/mol. The molecular weight excluding hydrogens is 226 g/mol. The van der Waals surface area contributed by atoms with Gasteiger partial charge in [-0.3, -0.25) is 0 Å². The fourth-order valence-corrected chi connectivity index (χ4v) is 1.46. The lowest BCUT2D eigenvalue weighted by molar-refractivity contribution is 0.368. The largest absolute Gasteiger partial charge is 0.479 e. The number of nitriles is 1. The van der Waals surface area contributed by atoms with E-state index in [9.17, 15) is 0 Å². The topological polar surface area (TPSA) is 57.1 Å². The van der Waals surface area contributed by atoms with Gasteiger partial charge in [-0.25, -0.2) is 0 Å². The number of anilines is 1. The highest BCUT2D eigenvalue weighted by Crippen LogP contribution is 2.16. The zero-order valence-electron chi connectivity index (χ0n) is 11.3. The molecule has 0 atom stereocenters. The molecule has 0 aromatic heterocycles. The molecule has 0 aliphatic rings. The molecule has 0 aliphatic heterocycles. The van der Waals surface area contributed by atoms with Crippen LogP contribution in [0.1, 0.15) is 20.8 Å². The molecule has 98 valence electrons. The van der Waals surface area contributed by atoms with Crippen LogP contribution in [-0.4, -0.2) is 25.2 Å². The molecule has 0 fully saturated rings. The summed E-state index contributed by atoms with van der Waals surface area (Å²) in [5, 5.41) is 15.2. The zero-order valence-corrected chi connectivity index (χ0v) is 11.3. The van der Waals surface area contributed by atoms with Gasteiger partial charge in [-0.1, -0.05) is 6.07 Å². The molecule has 0 saturated carbocycles. The fourth-order valence-electron chi connectivity index (χ4n) is 1.46. The van der Waals surface area contributed by atoms with Gasteiger partial charge in [-0.15, -0.1) is 0 Å². The maximum absolute atomic E-state index is 8.45. The van der Waals surface area contributed by atoms with E-state index < -0.39 is 0 Å². The number of rotatable bonds is 6. The molecule has 0 saturated heterocycles. The maximum atomic E-state index is 8.45. The molecule has 1 aromatic carbocycles. The predicted octanol–water partition coefficient (Wildman–Crippen LogP) is 2.39. The SMILES string of the molecule is CC(C)(C)NCCNc1cccc(OCC#N)c1. The van der Waals surface area contributed by atoms with Crippen LogP contribution in [0, 0.1) is 11.3 Å². The molecule has 0 aliphatic carbocycles. The molecule has 0 bridgehead atoms. The fraction of sp³-hybridized carbons (Fsp3) is 0.500. The van der Waals surface area contributed by atoms with Gasteiger partial charge in [0.1, 0.15) is 11.8 Å². The van der Waals surface area contributed by atoms with Crippen LogP contribution in [-0.2, 0) is 0 Å². The van der Waals surface area contributed by atoms with E-state index in [0.29, 0.717) is 5.75 Å². The molecule has 1 rings (SSSR count). The van der Waals surface area contributed by atoms with Crippen molar-refractivity contribution in [3.8, 4) is 11.8 Å². The highest BCUT2D eigenvalue weighted by atomic mass is 16.5. The minimum Gasteiger partial charge on any atom is -0.479 e. The van der Waals surface area contributed by atoms with Gasteiger partial charge in [0.25, 0.3) is 0 Å². The molecule has 0 unspecified atom stereocenters. The van der Waals surface area contributed by atoms with Gasteiger partial charge in [0.2, 0.25) is 0 Å². The number of hydrogen-bond donors (Lipinski definition) is 2. The van der Waals surface area contributed by atoms with Gasteiger partial charge in [-0.2, -0.15) is 5.26 Å². The van der Waals surface area contributed by atoms with E-state index in [1.165, 1.54) is 0 Å². The Labute approximate surface area is 109 Å². The summed E-state index contributed by atoms with van der Waals surface area (Å²) >= 11 is 0. The first kappa shape index (κ1) is 14.3. The van der Waals surface area contributed by atoms with Crippen molar-refractivity contribution in [2.45, 2.75) is 26.3 Å². The second-order valence-electron chi connectivity index (χ2n) is 5.08. The molecule has 0 amide bonds. The Balaban J connectivity index is 2.36. The van der Waals surface area contributed by atoms with Crippen LogP contribution in [0.3, 0.4) is 0 Å². The second-order valence-corrected chi connectivity index (χ2v) is 5.08. The maximum Gasteiger partial charge on any atom is 0.174 e. The molecule has 4 nitrogen and oxygen atoms in total. The smallest absolute Gasteiger partial charge is 0.174 e. The summed E-state index contributed by atoms with van der Waals surface area (Å²) in [6, 6.07) is 9.58. The minimum atomic E-state index is 0.0784. The van der Waals surface area contributed by atoms with Crippen LogP contribution in [0.4, 0.5) is 5.69 Å². The summed E-state index contributed by atoms with van der Waals surface area (Å²) in [6.07, 6.45) is 0. The Bertz CT molecular complexity index is 404. The molecule has 0 spiro atoms. The van der Waals surface area contributed by atoms with Crippen molar-refractivity contribution >= 4 is 5.69 Å². The summed E-state index contributed by atoms with van der Waals surface area (Å²) in [7, 11) is 0. The second kappa shape index (κ2) is 6.87. The lowest BCUT2D eigenvalue weighted by atomic mass is 10.1. The third-order valence-electron chi connectivity index (χ3n) is 2.25. The van der Waals surface area contributed by atoms with Crippen molar-refractivity contribution in [2.75, 3.05) is 25.0 Å². The number of ether oxygens (including phenoxy) is 1. The summed E-state index contributed by atoms with van der Waals surface area (Å²) in [4.78, 5) is 0. The highest BCUT2D eigenvalue weighted by Gasteiger charge is 2.06. The monoisotopic (exact) mass is 247 g/mol. The average Bonchev–Trinajstić information content (AvgIpc) is 2.31. The van der Waals surface area contributed by atoms with E-state index in [1.54, 1.807) is 0 Å². The molecule has 0 radical (unpaired) electrons. The molecule has 4 heteroatoms. The first-order valence-electron chi connectivity index (χ1n) is 6.10. The van der Waals surface area contributed by atoms with Crippen LogP contribution in [0.15, 0.2) is 24.3 Å². The van der Waals surface area contributed by atoms with Crippen LogP contribution in [0.25, 0.3) is 0 Å². The van der Waals surface area contributed by atoms with Crippen molar-refractivity contribution in [3.63, 3.8) is 0 Å². The lowest BCUT2D eigenvalue weighted by Gasteiger charge is -2.20. The summed E-state index contributed by atoms with van der Waals surface area (Å²) in [5.41, 5.74) is 1.14. The van der Waals surface area contributed by atoms with Crippen molar-refractivity contribution in [1.82, 2.24) is 5.32 Å². The van der Waals surface area contributed by atoms with Gasteiger partial charge < -0.3 is 15.4 Å². The van der Waals surface area contributed by atoms with E-state index in [1.807, 2.05) is 30.3 Å². The van der Waals surface area contributed by atoms with E-state index in [4.69, 9.17) is 10.00 Å². The molecular formula is C14H21N3O. The number of benzene rings is 1. The third kappa shape index (κ3) is 6.12. The Morgan fingerprint density at radius 3 is 2.72 bits per heavy atom. The van der Waals surface area contributed by atoms with E-state index in [2.05, 4.69) is 31.4 Å². The predicted molar refractivity (Wildman–Crippen MR) is 73.8 cm³/mol. The Morgan fingerprint density at radius 2 is 2.06 bits per heavy atom. The van der Waals surface area contributed by atoms with Gasteiger partial charge in [0, 0.05) is 30.4 Å². The first-order chi connectivity index (χ1) is 8.51. The van der Waals surface area contributed by atoms with E-state index in [0.717, 1.165) is 18.8 Å². The van der Waals surface area contributed by atoms with E-state index in [-0.39, 0.29) is 12.1 Å². The molecule has 2 N–H and O–H groups in total. The van der Waals surface area contributed by atoms with Gasteiger partial charge in [0.05, 0.1) is 0 Å². The highest BCUT2D eigenvalue weighted by molar-refractivity contribution is 5.48. The van der Waals surface area contributed by atoms with Crippen molar-refractivity contribution in [3.05, 3.63) is 24.3 Å². The summed E-state index contributed by atoms with van der Waals surface area (Å²) < 4.78 is 5.24. The lowest BCUT2D eigenvalue weighted by Crippen LogP contribution is -2.38. The molecule has 18 heavy (non-hydrogen) atoms. The van der Waals surface area contributed by atoms with Crippen LogP contribution in [0.2, 0.25) is 0 Å². The van der Waals surface area contributed by atoms with Crippen molar-refractivity contribution in [2.24, 2.45) is 0 Å². The zero-order chi connectivity index (χ0) is 13.4. The minimum absolute atomic E-state index is 0.0784. The Hall–Kier alpha value is -1.73. The number of nitrogens with zero attached hydrogens (tertiary/aromatic N) is 1. The van der Waals surface area contributed by atoms with Gasteiger partial charge in [0.15, 0.2) is 6.61 Å². The van der Waals surface area contributed by atoms with Crippen LogP contribution in [0.5, 0.6) is 5.75 Å². The van der Waals surface area contributed by atoms with Crippen LogP contribution < -0.4 is 15.4 Å². The number of nitrogens with one attached hydrogen (secondary N) is 2. The third-order valence-corrected chi connectivity index (χ3v) is 2.25. The van der Waals surface area contributed by atoms with Crippen LogP contribution >= 0.6 is 0 Å². The molecule has 0 heterocycles. The normalized spacial score (nSPS) is 10.8. The quantitative estimate of drug-likeness (QED) is 0.758. The Kier molecular flexibility index (Phi) is 5.47. The van der Waals surface area contributed by atoms with E-state index >= 15 is 0 Å².